The molecule has 4 heterocycles. The summed E-state index contributed by atoms with van der Waals surface area (Å²) in [5.74, 6) is -1.25. The lowest BCUT2D eigenvalue weighted by atomic mass is 10.5. The molecular weight excluding hydrogens is 557 g/mol. The van der Waals surface area contributed by atoms with Crippen molar-refractivity contribution in [3.63, 3.8) is 0 Å². The molecule has 0 amide bonds. The Kier molecular flexibility index (Phi) is 11.5. The minimum atomic E-state index is -0.749. The van der Waals surface area contributed by atoms with Crippen molar-refractivity contribution in [3.05, 3.63) is 45.0 Å². The molecule has 196 valence electrons. The fraction of sp³-hybridized carbons (Fsp3) is 0.529. The Hall–Kier alpha value is -1.66. The van der Waals surface area contributed by atoms with Crippen LogP contribution in [0.2, 0.25) is 0 Å². The van der Waals surface area contributed by atoms with Gasteiger partial charge in [0, 0.05) is 35.1 Å². The van der Waals surface area contributed by atoms with Gasteiger partial charge in [-0.05, 0) is 0 Å². The second kappa shape index (κ2) is 13.6. The second-order valence-corrected chi connectivity index (χ2v) is 9.28. The average Bonchev–Trinajstić information content (AvgIpc) is 3.51. The Labute approximate surface area is 216 Å². The van der Waals surface area contributed by atoms with Gasteiger partial charge >= 0.3 is 11.4 Å². The maximum absolute atomic E-state index is 13.4. The summed E-state index contributed by atoms with van der Waals surface area (Å²) < 4.78 is 39.5. The van der Waals surface area contributed by atoms with E-state index in [0.29, 0.717) is 11.5 Å². The predicted molar refractivity (Wildman–Crippen MR) is 130 cm³/mol. The number of rotatable bonds is 6. The van der Waals surface area contributed by atoms with E-state index in [4.69, 9.17) is 43.2 Å². The van der Waals surface area contributed by atoms with Crippen LogP contribution in [0.5, 0.6) is 0 Å². The maximum Gasteiger partial charge on any atom is 0.351 e. The van der Waals surface area contributed by atoms with E-state index in [2.05, 4.69) is 9.97 Å². The fourth-order valence-electron chi connectivity index (χ4n) is 2.81. The van der Waals surface area contributed by atoms with Crippen molar-refractivity contribution < 1.29 is 28.5 Å². The third-order valence-corrected chi connectivity index (χ3v) is 6.96. The number of ether oxygens (including phenoxy) is 2. The van der Waals surface area contributed by atoms with Gasteiger partial charge in [0.15, 0.2) is 23.3 Å². The minimum Gasteiger partial charge on any atom is -0.393 e. The number of aliphatic hydroxyl groups excluding tert-OH is 2. The van der Waals surface area contributed by atoms with Crippen molar-refractivity contribution in [2.45, 2.75) is 30.8 Å². The van der Waals surface area contributed by atoms with Crippen molar-refractivity contribution in [1.29, 1.82) is 0 Å². The van der Waals surface area contributed by atoms with Gasteiger partial charge in [-0.2, -0.15) is 9.97 Å². The third kappa shape index (κ3) is 7.19. The molecule has 4 atom stereocenters. The maximum atomic E-state index is 13.4. The fourth-order valence-corrected chi connectivity index (χ4v) is 4.93. The van der Waals surface area contributed by atoms with Crippen molar-refractivity contribution in [2.24, 2.45) is 0 Å². The summed E-state index contributed by atoms with van der Waals surface area (Å²) >= 11 is 13.1. The highest BCUT2D eigenvalue weighted by atomic mass is 35.5. The molecule has 2 aliphatic heterocycles. The summed E-state index contributed by atoms with van der Waals surface area (Å²) in [5.41, 5.74) is -2.14. The van der Waals surface area contributed by atoms with Gasteiger partial charge in [0.2, 0.25) is 0 Å². The van der Waals surface area contributed by atoms with E-state index in [0.717, 1.165) is 21.5 Å². The molecule has 35 heavy (non-hydrogen) atoms. The molecule has 0 saturated carbocycles. The van der Waals surface area contributed by atoms with E-state index in [-0.39, 0.29) is 32.3 Å². The molecule has 0 bridgehead atoms. The van der Waals surface area contributed by atoms with Crippen molar-refractivity contribution >= 4 is 58.7 Å². The summed E-state index contributed by atoms with van der Waals surface area (Å²) in [7, 11) is 0. The van der Waals surface area contributed by atoms with Crippen LogP contribution in [0, 0.1) is 11.6 Å². The number of nitrogens with one attached hydrogen (secondary N) is 2. The normalized spacial score (nSPS) is 23.3. The van der Waals surface area contributed by atoms with Crippen LogP contribution in [0.3, 0.4) is 0 Å². The number of aliphatic hydroxyl groups is 2. The first-order valence-corrected chi connectivity index (χ1v) is 12.2. The molecule has 4 N–H and O–H groups in total. The Bertz CT molecular complexity index is 1030. The highest BCUT2D eigenvalue weighted by molar-refractivity contribution is 8.00. The standard InChI is InChI=1S/2C8H9ClFN3O3S.CH4/c2*9-12-7-4(10)1-13(8(15)11-7)5-3-17-6(2-14)16-5;/h2*1,5-6,14H,2-3H2,(H,11,12,15);1H4/t2*5?,6-;/m11./s1. The van der Waals surface area contributed by atoms with Gasteiger partial charge in [-0.1, -0.05) is 7.43 Å². The molecule has 2 saturated heterocycles. The molecule has 12 nitrogen and oxygen atoms in total. The first-order valence-electron chi connectivity index (χ1n) is 9.37. The number of nitrogens with zero attached hydrogens (tertiary/aromatic N) is 4. The van der Waals surface area contributed by atoms with Crippen LogP contribution in [0.4, 0.5) is 20.4 Å². The van der Waals surface area contributed by atoms with Gasteiger partial charge < -0.3 is 19.7 Å². The first-order chi connectivity index (χ1) is 16.3. The van der Waals surface area contributed by atoms with Crippen LogP contribution in [0.25, 0.3) is 0 Å². The van der Waals surface area contributed by atoms with Crippen LogP contribution in [-0.2, 0) is 9.47 Å². The van der Waals surface area contributed by atoms with Crippen LogP contribution in [0.1, 0.15) is 19.9 Å². The summed E-state index contributed by atoms with van der Waals surface area (Å²) in [6.07, 6.45) is 0.697. The zero-order valence-corrected chi connectivity index (χ0v) is 20.1. The number of thioether (sulfide) groups is 2. The monoisotopic (exact) mass is 578 g/mol. The second-order valence-electron chi connectivity index (χ2n) is 6.52. The number of halogens is 4. The van der Waals surface area contributed by atoms with E-state index in [1.807, 2.05) is 9.67 Å². The Balaban J connectivity index is 0.000000240. The summed E-state index contributed by atoms with van der Waals surface area (Å²) in [6.45, 7) is -0.319. The smallest absolute Gasteiger partial charge is 0.351 e. The highest BCUT2D eigenvalue weighted by Gasteiger charge is 2.29. The Morgan fingerprint density at radius 3 is 1.57 bits per heavy atom. The lowest BCUT2D eigenvalue weighted by molar-refractivity contribution is -0.00681. The van der Waals surface area contributed by atoms with Crippen LogP contribution in [-0.4, -0.2) is 64.9 Å². The van der Waals surface area contributed by atoms with Crippen LogP contribution in [0.15, 0.2) is 22.0 Å². The number of hydrogen-bond acceptors (Lipinski definition) is 12. The molecule has 0 radical (unpaired) electrons. The predicted octanol–water partition coefficient (Wildman–Crippen LogP) is 1.69. The van der Waals surface area contributed by atoms with Gasteiger partial charge in [0.05, 0.1) is 25.6 Å². The lowest BCUT2D eigenvalue weighted by Crippen LogP contribution is -2.29. The number of hydrogen-bond donors (Lipinski definition) is 4. The Morgan fingerprint density at radius 2 is 1.29 bits per heavy atom. The average molecular weight is 579 g/mol. The van der Waals surface area contributed by atoms with Crippen LogP contribution < -0.4 is 21.1 Å². The van der Waals surface area contributed by atoms with Crippen molar-refractivity contribution in [3.8, 4) is 0 Å². The van der Waals surface area contributed by atoms with Gasteiger partial charge in [0.25, 0.3) is 0 Å². The SMILES string of the molecule is C.O=c1nc(NCl)c(F)cn1C1CS[C@H](CO)O1.O=c1nc(NCl)c(F)cn1C1CS[C@H](CO)O1. The molecule has 18 heteroatoms. The van der Waals surface area contributed by atoms with E-state index in [9.17, 15) is 18.4 Å². The summed E-state index contributed by atoms with van der Waals surface area (Å²) in [6, 6.07) is 0. The minimum absolute atomic E-state index is 0. The molecule has 0 aliphatic carbocycles. The van der Waals surface area contributed by atoms with Gasteiger partial charge in [0.1, 0.15) is 23.3 Å². The van der Waals surface area contributed by atoms with E-state index >= 15 is 0 Å². The molecule has 2 aromatic rings. The van der Waals surface area contributed by atoms with Gasteiger partial charge in [-0.25, -0.2) is 18.4 Å². The van der Waals surface area contributed by atoms with Crippen LogP contribution >= 0.6 is 47.1 Å². The molecule has 2 unspecified atom stereocenters. The van der Waals surface area contributed by atoms with Gasteiger partial charge in [-0.3, -0.25) is 18.8 Å². The molecule has 0 spiro atoms. The molecular formula is C17H22Cl2F2N6O6S2. The molecule has 2 aliphatic rings. The molecule has 2 aromatic heterocycles. The number of aromatic nitrogens is 4. The summed E-state index contributed by atoms with van der Waals surface area (Å²) in [4.78, 5) is 33.9. The number of anilines is 2. The molecule has 2 fully saturated rings. The topological polar surface area (TPSA) is 153 Å². The van der Waals surface area contributed by atoms with E-state index < -0.39 is 46.3 Å². The lowest BCUT2D eigenvalue weighted by Gasteiger charge is -2.14. The van der Waals surface area contributed by atoms with Gasteiger partial charge in [-0.15, -0.1) is 23.5 Å². The van der Waals surface area contributed by atoms with Crippen molar-refractivity contribution in [1.82, 2.24) is 19.1 Å². The highest BCUT2D eigenvalue weighted by Crippen LogP contribution is 2.31. The van der Waals surface area contributed by atoms with E-state index in [1.165, 1.54) is 23.5 Å². The molecule has 4 rings (SSSR count). The summed E-state index contributed by atoms with van der Waals surface area (Å²) in [5, 5.41) is 17.8. The zero-order valence-electron chi connectivity index (χ0n) is 16.9. The zero-order chi connectivity index (χ0) is 24.8. The van der Waals surface area contributed by atoms with E-state index in [1.54, 1.807) is 0 Å². The third-order valence-electron chi connectivity index (χ3n) is 4.38. The quantitative estimate of drug-likeness (QED) is 0.369. The molecule has 0 aromatic carbocycles. The largest absolute Gasteiger partial charge is 0.393 e. The first kappa shape index (κ1) is 29.6. The Morgan fingerprint density at radius 1 is 0.914 bits per heavy atom. The van der Waals surface area contributed by atoms with Crippen molar-refractivity contribution in [2.75, 3.05) is 34.4 Å².